The first-order chi connectivity index (χ1) is 8.73. The van der Waals surface area contributed by atoms with E-state index in [0.29, 0.717) is 0 Å². The fraction of sp³-hybridized carbons (Fsp3) is 0.692. The van der Waals surface area contributed by atoms with Crippen molar-refractivity contribution in [2.24, 2.45) is 0 Å². The second-order valence-electron chi connectivity index (χ2n) is 4.20. The molecule has 0 amide bonds. The highest BCUT2D eigenvalue weighted by Gasteiger charge is 2.08. The standard InChI is InChI=1S/C13H24N4O/c1-4-10(7-8-18)15-13-9-12(14-6-3)16-11(5-2)17-13/h9-10,18H,4-8H2,1-3H3,(H2,14,15,16,17). The number of hydrogen-bond acceptors (Lipinski definition) is 5. The lowest BCUT2D eigenvalue weighted by atomic mass is 10.1. The number of nitrogens with one attached hydrogen (secondary N) is 2. The maximum absolute atomic E-state index is 9.00. The molecule has 5 nitrogen and oxygen atoms in total. The van der Waals surface area contributed by atoms with Gasteiger partial charge in [-0.3, -0.25) is 0 Å². The average molecular weight is 252 g/mol. The molecule has 0 aliphatic carbocycles. The van der Waals surface area contributed by atoms with Gasteiger partial charge in [0.25, 0.3) is 0 Å². The van der Waals surface area contributed by atoms with Gasteiger partial charge in [-0.25, -0.2) is 9.97 Å². The normalized spacial score (nSPS) is 12.2. The van der Waals surface area contributed by atoms with Crippen molar-refractivity contribution < 1.29 is 5.11 Å². The molecule has 1 aromatic rings. The van der Waals surface area contributed by atoms with Crippen molar-refractivity contribution in [3.05, 3.63) is 11.9 Å². The summed E-state index contributed by atoms with van der Waals surface area (Å²) >= 11 is 0. The van der Waals surface area contributed by atoms with Crippen LogP contribution >= 0.6 is 0 Å². The predicted molar refractivity (Wildman–Crippen MR) is 75.0 cm³/mol. The Morgan fingerprint density at radius 2 is 1.94 bits per heavy atom. The van der Waals surface area contributed by atoms with Crippen molar-refractivity contribution in [3.8, 4) is 0 Å². The van der Waals surface area contributed by atoms with Gasteiger partial charge >= 0.3 is 0 Å². The zero-order valence-electron chi connectivity index (χ0n) is 11.5. The smallest absolute Gasteiger partial charge is 0.132 e. The van der Waals surface area contributed by atoms with Crippen molar-refractivity contribution in [2.75, 3.05) is 23.8 Å². The summed E-state index contributed by atoms with van der Waals surface area (Å²) in [5, 5.41) is 15.6. The minimum atomic E-state index is 0.192. The Morgan fingerprint density at radius 3 is 2.50 bits per heavy atom. The summed E-state index contributed by atoms with van der Waals surface area (Å²) in [6.45, 7) is 7.21. The molecule has 1 unspecified atom stereocenters. The molecule has 0 radical (unpaired) electrons. The monoisotopic (exact) mass is 252 g/mol. The van der Waals surface area contributed by atoms with Crippen LogP contribution in [0.3, 0.4) is 0 Å². The fourth-order valence-corrected chi connectivity index (χ4v) is 1.74. The molecule has 1 rings (SSSR count). The van der Waals surface area contributed by atoms with Gasteiger partial charge in [-0.15, -0.1) is 0 Å². The third kappa shape index (κ3) is 4.49. The number of anilines is 2. The Balaban J connectivity index is 2.82. The Bertz CT molecular complexity index is 357. The van der Waals surface area contributed by atoms with E-state index in [1.54, 1.807) is 0 Å². The van der Waals surface area contributed by atoms with Gasteiger partial charge < -0.3 is 15.7 Å². The fourth-order valence-electron chi connectivity index (χ4n) is 1.74. The summed E-state index contributed by atoms with van der Waals surface area (Å²) in [5.74, 6) is 2.51. The molecule has 0 aliphatic heterocycles. The third-order valence-electron chi connectivity index (χ3n) is 2.77. The van der Waals surface area contributed by atoms with E-state index in [2.05, 4.69) is 27.5 Å². The van der Waals surface area contributed by atoms with E-state index in [9.17, 15) is 0 Å². The Morgan fingerprint density at radius 1 is 1.22 bits per heavy atom. The SMILES string of the molecule is CCNc1cc(NC(CC)CCO)nc(CC)n1. The molecule has 102 valence electrons. The van der Waals surface area contributed by atoms with Crippen LogP contribution in [-0.2, 0) is 6.42 Å². The van der Waals surface area contributed by atoms with Crippen LogP contribution in [0.4, 0.5) is 11.6 Å². The highest BCUT2D eigenvalue weighted by atomic mass is 16.3. The Hall–Kier alpha value is -1.36. The summed E-state index contributed by atoms with van der Waals surface area (Å²) in [6, 6.07) is 2.17. The van der Waals surface area contributed by atoms with Gasteiger partial charge in [-0.1, -0.05) is 13.8 Å². The number of aliphatic hydroxyl groups excluding tert-OH is 1. The topological polar surface area (TPSA) is 70.1 Å². The quantitative estimate of drug-likeness (QED) is 0.660. The van der Waals surface area contributed by atoms with Gasteiger partial charge in [-0.2, -0.15) is 0 Å². The van der Waals surface area contributed by atoms with E-state index < -0.39 is 0 Å². The average Bonchev–Trinajstić information content (AvgIpc) is 2.38. The highest BCUT2D eigenvalue weighted by molar-refractivity contribution is 5.48. The van der Waals surface area contributed by atoms with E-state index in [-0.39, 0.29) is 12.6 Å². The molecule has 1 heterocycles. The largest absolute Gasteiger partial charge is 0.396 e. The van der Waals surface area contributed by atoms with Crippen molar-refractivity contribution in [1.82, 2.24) is 9.97 Å². The molecule has 0 aromatic carbocycles. The summed E-state index contributed by atoms with van der Waals surface area (Å²) in [7, 11) is 0. The predicted octanol–water partition coefficient (Wildman–Crippen LogP) is 2.04. The van der Waals surface area contributed by atoms with Gasteiger partial charge in [0.2, 0.25) is 0 Å². The molecule has 0 saturated carbocycles. The molecule has 3 N–H and O–H groups in total. The molecule has 0 spiro atoms. The van der Waals surface area contributed by atoms with Gasteiger partial charge in [0.15, 0.2) is 0 Å². The summed E-state index contributed by atoms with van der Waals surface area (Å²) in [6.07, 6.45) is 2.51. The minimum Gasteiger partial charge on any atom is -0.396 e. The van der Waals surface area contributed by atoms with E-state index in [1.165, 1.54) is 0 Å². The van der Waals surface area contributed by atoms with Gasteiger partial charge in [0.1, 0.15) is 17.5 Å². The molecule has 1 atom stereocenters. The number of hydrogen-bond donors (Lipinski definition) is 3. The molecule has 0 bridgehead atoms. The molecular formula is C13H24N4O. The zero-order valence-corrected chi connectivity index (χ0v) is 11.5. The molecule has 18 heavy (non-hydrogen) atoms. The van der Waals surface area contributed by atoms with Crippen LogP contribution in [0.1, 0.15) is 39.4 Å². The van der Waals surface area contributed by atoms with Crippen LogP contribution in [0.25, 0.3) is 0 Å². The van der Waals surface area contributed by atoms with Crippen LogP contribution in [-0.4, -0.2) is 34.3 Å². The van der Waals surface area contributed by atoms with Gasteiger partial charge in [0.05, 0.1) is 0 Å². The number of nitrogens with zero attached hydrogens (tertiary/aromatic N) is 2. The number of aromatic nitrogens is 2. The Labute approximate surface area is 109 Å². The lowest BCUT2D eigenvalue weighted by Crippen LogP contribution is -2.21. The molecule has 0 aliphatic rings. The second-order valence-corrected chi connectivity index (χ2v) is 4.20. The van der Waals surface area contributed by atoms with E-state index >= 15 is 0 Å². The lowest BCUT2D eigenvalue weighted by Gasteiger charge is -2.17. The van der Waals surface area contributed by atoms with Crippen LogP contribution in [0.5, 0.6) is 0 Å². The zero-order chi connectivity index (χ0) is 13.4. The van der Waals surface area contributed by atoms with Crippen LogP contribution in [0.2, 0.25) is 0 Å². The number of rotatable bonds is 8. The first kappa shape index (κ1) is 14.7. The molecule has 1 aromatic heterocycles. The second kappa shape index (κ2) is 7.87. The number of aliphatic hydroxyl groups is 1. The van der Waals surface area contributed by atoms with Crippen LogP contribution in [0.15, 0.2) is 6.07 Å². The van der Waals surface area contributed by atoms with E-state index in [0.717, 1.165) is 43.3 Å². The third-order valence-corrected chi connectivity index (χ3v) is 2.77. The first-order valence-electron chi connectivity index (χ1n) is 6.72. The molecule has 0 saturated heterocycles. The maximum Gasteiger partial charge on any atom is 0.132 e. The summed E-state index contributed by atoms with van der Waals surface area (Å²) in [5.41, 5.74) is 0. The van der Waals surface area contributed by atoms with Crippen molar-refractivity contribution >= 4 is 11.6 Å². The summed E-state index contributed by atoms with van der Waals surface area (Å²) < 4.78 is 0. The first-order valence-corrected chi connectivity index (χ1v) is 6.72. The molecule has 5 heteroatoms. The maximum atomic E-state index is 9.00. The van der Waals surface area contributed by atoms with E-state index in [4.69, 9.17) is 5.11 Å². The van der Waals surface area contributed by atoms with E-state index in [1.807, 2.05) is 19.9 Å². The van der Waals surface area contributed by atoms with Crippen LogP contribution in [0, 0.1) is 0 Å². The summed E-state index contributed by atoms with van der Waals surface area (Å²) in [4.78, 5) is 8.87. The van der Waals surface area contributed by atoms with Crippen molar-refractivity contribution in [2.45, 2.75) is 46.1 Å². The van der Waals surface area contributed by atoms with Gasteiger partial charge in [0, 0.05) is 31.7 Å². The van der Waals surface area contributed by atoms with Crippen molar-refractivity contribution in [1.29, 1.82) is 0 Å². The Kier molecular flexibility index (Phi) is 6.43. The van der Waals surface area contributed by atoms with Gasteiger partial charge in [-0.05, 0) is 19.8 Å². The highest BCUT2D eigenvalue weighted by Crippen LogP contribution is 2.14. The lowest BCUT2D eigenvalue weighted by molar-refractivity contribution is 0.278. The minimum absolute atomic E-state index is 0.192. The molecular weight excluding hydrogens is 228 g/mol. The van der Waals surface area contributed by atoms with Crippen LogP contribution < -0.4 is 10.6 Å². The molecule has 0 fully saturated rings. The van der Waals surface area contributed by atoms with Crippen molar-refractivity contribution in [3.63, 3.8) is 0 Å². The number of aryl methyl sites for hydroxylation is 1.